The molecule has 10 heteroatoms. The Morgan fingerprint density at radius 3 is 2.66 bits per heavy atom. The van der Waals surface area contributed by atoms with Crippen LogP contribution in [0.2, 0.25) is 0 Å². The molecule has 1 saturated heterocycles. The van der Waals surface area contributed by atoms with Gasteiger partial charge in [-0.2, -0.15) is 10.5 Å². The van der Waals surface area contributed by atoms with Crippen LogP contribution in [-0.4, -0.2) is 60.7 Å². The van der Waals surface area contributed by atoms with Gasteiger partial charge in [0.15, 0.2) is 17.7 Å². The van der Waals surface area contributed by atoms with Gasteiger partial charge in [-0.15, -0.1) is 0 Å². The molecule has 2 aliphatic rings. The smallest absolute Gasteiger partial charge is 0.321 e. The Morgan fingerprint density at radius 1 is 1.11 bits per heavy atom. The van der Waals surface area contributed by atoms with Crippen LogP contribution in [0.1, 0.15) is 19.4 Å². The van der Waals surface area contributed by atoms with Crippen LogP contribution in [0.25, 0.3) is 0 Å². The lowest BCUT2D eigenvalue weighted by atomic mass is 10.00. The average Bonchev–Trinajstić information content (AvgIpc) is 2.88. The highest BCUT2D eigenvalue weighted by Gasteiger charge is 2.33. The van der Waals surface area contributed by atoms with Crippen LogP contribution in [-0.2, 0) is 0 Å². The number of hydrogen-bond acceptors (Lipinski definition) is 6. The first-order valence-electron chi connectivity index (χ1n) is 11.4. The number of benzene rings is 2. The first-order valence-corrected chi connectivity index (χ1v) is 11.4. The van der Waals surface area contributed by atoms with Crippen LogP contribution in [0.3, 0.4) is 0 Å². The lowest BCUT2D eigenvalue weighted by Gasteiger charge is -2.44. The molecule has 35 heavy (non-hydrogen) atoms. The zero-order valence-corrected chi connectivity index (χ0v) is 19.7. The molecule has 4 rings (SSSR count). The van der Waals surface area contributed by atoms with E-state index in [2.05, 4.69) is 35.5 Å². The van der Waals surface area contributed by atoms with Crippen LogP contribution in [0.4, 0.5) is 16.2 Å². The number of anilines is 1. The first-order chi connectivity index (χ1) is 17.0. The number of urea groups is 1. The molecule has 1 unspecified atom stereocenters. The number of aliphatic imine (C=N–C) groups is 1. The number of nitrogens with one attached hydrogen (secondary N) is 2. The summed E-state index contributed by atoms with van der Waals surface area (Å²) in [6.45, 7) is 6.52. The molecule has 0 aromatic heterocycles. The van der Waals surface area contributed by atoms with Gasteiger partial charge in [0, 0.05) is 31.4 Å². The van der Waals surface area contributed by atoms with Crippen molar-refractivity contribution in [2.24, 2.45) is 10.9 Å². The predicted octanol–water partition coefficient (Wildman–Crippen LogP) is 3.26. The largest absolute Gasteiger partial charge is 0.486 e. The van der Waals surface area contributed by atoms with Gasteiger partial charge < -0.3 is 24.6 Å². The van der Waals surface area contributed by atoms with Crippen molar-refractivity contribution in [2.45, 2.75) is 19.9 Å². The lowest BCUT2D eigenvalue weighted by molar-refractivity contribution is 0.118. The molecule has 2 amide bonds. The average molecular weight is 474 g/mol. The number of fused-ring (bicyclic) bond motifs is 1. The van der Waals surface area contributed by atoms with Gasteiger partial charge in [-0.05, 0) is 36.2 Å². The second-order valence-electron chi connectivity index (χ2n) is 8.57. The van der Waals surface area contributed by atoms with E-state index in [1.54, 1.807) is 47.4 Å². The molecule has 2 heterocycles. The molecule has 0 saturated carbocycles. The van der Waals surface area contributed by atoms with Crippen molar-refractivity contribution in [3.63, 3.8) is 0 Å². The van der Waals surface area contributed by atoms with Crippen molar-refractivity contribution in [1.82, 2.24) is 15.1 Å². The molecular weight excluding hydrogens is 446 g/mol. The standard InChI is InChI=1S/C25H27N7O3/c1-17(2)21-15-31(25(33)30-20-6-7-22-23(13-20)35-11-10-34-22)8-9-32(21)24(28-16-27)29-19-5-3-4-18(12-19)14-26/h3-7,12-13,17,21H,8-11,15H2,1-2H3,(H,28,29)(H,30,33). The molecule has 0 radical (unpaired) electrons. The molecule has 0 aliphatic carbocycles. The first kappa shape index (κ1) is 23.7. The van der Waals surface area contributed by atoms with Crippen molar-refractivity contribution >= 4 is 23.4 Å². The normalized spacial score (nSPS) is 17.4. The summed E-state index contributed by atoms with van der Waals surface area (Å²) in [6.07, 6.45) is 1.96. The zero-order chi connectivity index (χ0) is 24.8. The Balaban J connectivity index is 1.49. The zero-order valence-electron chi connectivity index (χ0n) is 19.7. The van der Waals surface area contributed by atoms with Crippen LogP contribution in [0, 0.1) is 28.7 Å². The van der Waals surface area contributed by atoms with Crippen LogP contribution in [0.15, 0.2) is 47.5 Å². The van der Waals surface area contributed by atoms with Gasteiger partial charge in [0.2, 0.25) is 5.96 Å². The maximum Gasteiger partial charge on any atom is 0.321 e. The highest BCUT2D eigenvalue weighted by molar-refractivity contribution is 5.90. The third-order valence-electron chi connectivity index (χ3n) is 5.92. The van der Waals surface area contributed by atoms with Gasteiger partial charge in [-0.1, -0.05) is 19.9 Å². The quantitative estimate of drug-likeness (QED) is 0.303. The van der Waals surface area contributed by atoms with E-state index in [0.717, 1.165) is 0 Å². The van der Waals surface area contributed by atoms with Crippen molar-refractivity contribution in [3.05, 3.63) is 48.0 Å². The molecule has 0 spiro atoms. The maximum absolute atomic E-state index is 13.1. The third kappa shape index (κ3) is 5.56. The van der Waals surface area contributed by atoms with E-state index in [-0.39, 0.29) is 18.0 Å². The predicted molar refractivity (Wildman–Crippen MR) is 130 cm³/mol. The molecule has 2 aliphatic heterocycles. The minimum Gasteiger partial charge on any atom is -0.486 e. The van der Waals surface area contributed by atoms with E-state index in [9.17, 15) is 15.3 Å². The third-order valence-corrected chi connectivity index (χ3v) is 5.92. The summed E-state index contributed by atoms with van der Waals surface area (Å²) < 4.78 is 11.1. The summed E-state index contributed by atoms with van der Waals surface area (Å²) in [6, 6.07) is 14.1. The van der Waals surface area contributed by atoms with Gasteiger partial charge in [-0.25, -0.2) is 9.79 Å². The number of ether oxygens (including phenoxy) is 2. The second kappa shape index (κ2) is 10.7. The number of piperazine rings is 1. The van der Waals surface area contributed by atoms with Crippen LogP contribution < -0.4 is 20.1 Å². The number of carbonyl (C=O) groups excluding carboxylic acids is 1. The second-order valence-corrected chi connectivity index (χ2v) is 8.57. The number of nitriles is 2. The molecule has 2 N–H and O–H groups in total. The van der Waals surface area contributed by atoms with Crippen LogP contribution in [0.5, 0.6) is 11.5 Å². The van der Waals surface area contributed by atoms with E-state index < -0.39 is 0 Å². The van der Waals surface area contributed by atoms with Gasteiger partial charge in [0.05, 0.1) is 23.4 Å². The molecule has 1 atom stereocenters. The van der Waals surface area contributed by atoms with Gasteiger partial charge in [0.25, 0.3) is 0 Å². The monoisotopic (exact) mass is 473 g/mol. The molecule has 180 valence electrons. The number of nitrogens with zero attached hydrogens (tertiary/aromatic N) is 5. The Hall–Kier alpha value is -4.44. The Labute approximate surface area is 204 Å². The van der Waals surface area contributed by atoms with Gasteiger partial charge in [-0.3, -0.25) is 5.32 Å². The Bertz CT molecular complexity index is 1200. The minimum atomic E-state index is -0.208. The van der Waals surface area contributed by atoms with Gasteiger partial charge >= 0.3 is 6.03 Å². The molecule has 2 aromatic rings. The minimum absolute atomic E-state index is 0.0754. The number of hydrogen-bond donors (Lipinski definition) is 2. The fourth-order valence-electron chi connectivity index (χ4n) is 4.13. The summed E-state index contributed by atoms with van der Waals surface area (Å²) in [5, 5.41) is 24.2. The summed E-state index contributed by atoms with van der Waals surface area (Å²) in [7, 11) is 0. The SMILES string of the molecule is CC(C)C1CN(C(=O)Nc2ccc3c(c2)OCCO3)CCN1C(=Nc1cccc(C#N)c1)NC#N. The molecule has 0 bridgehead atoms. The van der Waals surface area contributed by atoms with Crippen LogP contribution >= 0.6 is 0 Å². The lowest BCUT2D eigenvalue weighted by Crippen LogP contribution is -2.60. The Morgan fingerprint density at radius 2 is 1.91 bits per heavy atom. The van der Waals surface area contributed by atoms with Crippen molar-refractivity contribution in [1.29, 1.82) is 10.5 Å². The molecule has 2 aromatic carbocycles. The van der Waals surface area contributed by atoms with E-state index in [1.807, 2.05) is 11.1 Å². The summed E-state index contributed by atoms with van der Waals surface area (Å²) >= 11 is 0. The molecule has 10 nitrogen and oxygen atoms in total. The summed E-state index contributed by atoms with van der Waals surface area (Å²) in [4.78, 5) is 21.4. The number of rotatable bonds is 3. The van der Waals surface area contributed by atoms with E-state index in [4.69, 9.17) is 9.47 Å². The summed E-state index contributed by atoms with van der Waals surface area (Å²) in [5.41, 5.74) is 1.69. The topological polar surface area (TPSA) is 126 Å². The Kier molecular flexibility index (Phi) is 7.22. The van der Waals surface area contributed by atoms with E-state index >= 15 is 0 Å². The fraction of sp³-hybridized carbons (Fsp3) is 0.360. The highest BCUT2D eigenvalue weighted by Crippen LogP contribution is 2.32. The summed E-state index contributed by atoms with van der Waals surface area (Å²) in [5.74, 6) is 1.85. The number of guanidine groups is 1. The number of amides is 2. The fourth-order valence-corrected chi connectivity index (χ4v) is 4.13. The van der Waals surface area contributed by atoms with Gasteiger partial charge in [0.1, 0.15) is 13.2 Å². The highest BCUT2D eigenvalue weighted by atomic mass is 16.6. The van der Waals surface area contributed by atoms with Crippen molar-refractivity contribution < 1.29 is 14.3 Å². The number of carbonyl (C=O) groups is 1. The van der Waals surface area contributed by atoms with E-state index in [0.29, 0.717) is 67.2 Å². The maximum atomic E-state index is 13.1. The van der Waals surface area contributed by atoms with Crippen molar-refractivity contribution in [3.8, 4) is 23.8 Å². The van der Waals surface area contributed by atoms with Crippen molar-refractivity contribution in [2.75, 3.05) is 38.2 Å². The van der Waals surface area contributed by atoms with E-state index in [1.165, 1.54) is 0 Å². The molecule has 1 fully saturated rings. The molecular formula is C25H27N7O3.